The number of aliphatic hydroxyl groups excluding tert-OH is 1. The maximum atomic E-state index is 9.06. The summed E-state index contributed by atoms with van der Waals surface area (Å²) in [5.74, 6) is 2.41. The van der Waals surface area contributed by atoms with Crippen LogP contribution in [0.4, 0.5) is 0 Å². The van der Waals surface area contributed by atoms with E-state index in [0.29, 0.717) is 12.4 Å². The number of aliphatic hydroxyl groups is 1. The topological polar surface area (TPSA) is 60.2 Å². The van der Waals surface area contributed by atoms with Gasteiger partial charge in [-0.3, -0.25) is 0 Å². The first kappa shape index (κ1) is 15.9. The molecule has 0 fully saturated rings. The van der Waals surface area contributed by atoms with E-state index in [1.165, 1.54) is 11.1 Å². The average Bonchev–Trinajstić information content (AvgIpc) is 2.83. The number of hydrogen-bond donors (Lipinski definition) is 1. The van der Waals surface area contributed by atoms with Crippen molar-refractivity contribution in [3.8, 4) is 5.75 Å². The lowest BCUT2D eigenvalue weighted by atomic mass is 10.1. The third-order valence-corrected chi connectivity index (χ3v) is 4.44. The third kappa shape index (κ3) is 4.22. The largest absolute Gasteiger partial charge is 0.494 e. The van der Waals surface area contributed by atoms with Gasteiger partial charge in [0.15, 0.2) is 11.0 Å². The molecule has 0 spiro atoms. The normalized spacial score (nSPS) is 10.9. The van der Waals surface area contributed by atoms with Crippen LogP contribution in [0.15, 0.2) is 23.4 Å². The molecule has 2 aromatic rings. The lowest BCUT2D eigenvalue weighted by Gasteiger charge is -2.08. The minimum Gasteiger partial charge on any atom is -0.494 e. The molecule has 0 saturated carbocycles. The zero-order valence-electron chi connectivity index (χ0n) is 12.7. The Morgan fingerprint density at radius 1 is 1.24 bits per heavy atom. The van der Waals surface area contributed by atoms with Gasteiger partial charge in [0.05, 0.1) is 6.61 Å². The van der Waals surface area contributed by atoms with Gasteiger partial charge in [-0.2, -0.15) is 0 Å². The molecule has 0 bridgehead atoms. The molecule has 0 radical (unpaired) electrons. The molecule has 1 aromatic heterocycles. The van der Waals surface area contributed by atoms with Crippen molar-refractivity contribution in [2.75, 3.05) is 12.4 Å². The van der Waals surface area contributed by atoms with Gasteiger partial charge in [0, 0.05) is 12.8 Å². The van der Waals surface area contributed by atoms with Gasteiger partial charge < -0.3 is 14.4 Å². The van der Waals surface area contributed by atoms with E-state index in [1.807, 2.05) is 17.7 Å². The van der Waals surface area contributed by atoms with Crippen molar-refractivity contribution < 1.29 is 9.84 Å². The maximum Gasteiger partial charge on any atom is 0.191 e. The Bertz CT molecular complexity index is 599. The predicted octanol–water partition coefficient (Wildman–Crippen LogP) is 2.49. The number of aryl methyl sites for hydroxylation is 2. The molecule has 6 heteroatoms. The van der Waals surface area contributed by atoms with E-state index in [4.69, 9.17) is 9.84 Å². The Labute approximate surface area is 129 Å². The van der Waals surface area contributed by atoms with Crippen molar-refractivity contribution in [2.45, 2.75) is 32.0 Å². The summed E-state index contributed by atoms with van der Waals surface area (Å²) in [7, 11) is 1.86. The van der Waals surface area contributed by atoms with E-state index in [-0.39, 0.29) is 6.61 Å². The van der Waals surface area contributed by atoms with Gasteiger partial charge in [0.1, 0.15) is 12.4 Å². The quantitative estimate of drug-likeness (QED) is 0.629. The number of nitrogens with zero attached hydrogens (tertiary/aromatic N) is 3. The minimum absolute atomic E-state index is 0.0834. The molecule has 1 heterocycles. The molecule has 0 aliphatic rings. The van der Waals surface area contributed by atoms with E-state index in [2.05, 4.69) is 36.2 Å². The second-order valence-corrected chi connectivity index (χ2v) is 5.97. The maximum absolute atomic E-state index is 9.06. The number of ether oxygens (including phenoxy) is 1. The highest BCUT2D eigenvalue weighted by atomic mass is 32.2. The van der Waals surface area contributed by atoms with Crippen LogP contribution in [0.5, 0.6) is 5.75 Å². The standard InChI is InChI=1S/C15H21N3O2S/c1-11-5-6-13(9-12(11)2)20-7-4-8-21-15-17-16-14(10-19)18(15)3/h5-6,9,19H,4,7-8,10H2,1-3H3. The molecule has 0 saturated heterocycles. The van der Waals surface area contributed by atoms with Crippen LogP contribution in [0.25, 0.3) is 0 Å². The fourth-order valence-corrected chi connectivity index (χ4v) is 2.67. The highest BCUT2D eigenvalue weighted by molar-refractivity contribution is 7.99. The molecule has 1 N–H and O–H groups in total. The number of thioether (sulfide) groups is 1. The minimum atomic E-state index is -0.0834. The first-order valence-electron chi connectivity index (χ1n) is 6.94. The summed E-state index contributed by atoms with van der Waals surface area (Å²) in [6, 6.07) is 6.15. The van der Waals surface area contributed by atoms with Crippen LogP contribution in [0.3, 0.4) is 0 Å². The van der Waals surface area contributed by atoms with Crippen molar-refractivity contribution >= 4 is 11.8 Å². The molecule has 21 heavy (non-hydrogen) atoms. The Morgan fingerprint density at radius 2 is 2.05 bits per heavy atom. The van der Waals surface area contributed by atoms with Crippen LogP contribution in [-0.4, -0.2) is 32.2 Å². The molecular formula is C15H21N3O2S. The van der Waals surface area contributed by atoms with Crippen molar-refractivity contribution in [2.24, 2.45) is 7.05 Å². The van der Waals surface area contributed by atoms with E-state index in [1.54, 1.807) is 11.8 Å². The summed E-state index contributed by atoms with van der Waals surface area (Å²) in [6.07, 6.45) is 0.929. The molecule has 2 rings (SSSR count). The summed E-state index contributed by atoms with van der Waals surface area (Å²) in [4.78, 5) is 0. The molecule has 0 unspecified atom stereocenters. The van der Waals surface area contributed by atoms with Crippen molar-refractivity contribution in [3.63, 3.8) is 0 Å². The number of benzene rings is 1. The van der Waals surface area contributed by atoms with Crippen LogP contribution in [-0.2, 0) is 13.7 Å². The molecule has 0 atom stereocenters. The first-order valence-corrected chi connectivity index (χ1v) is 7.92. The van der Waals surface area contributed by atoms with Crippen LogP contribution in [0, 0.1) is 13.8 Å². The molecule has 114 valence electrons. The SMILES string of the molecule is Cc1ccc(OCCCSc2nnc(CO)n2C)cc1C. The van der Waals surface area contributed by atoms with E-state index in [9.17, 15) is 0 Å². The first-order chi connectivity index (χ1) is 10.1. The Morgan fingerprint density at radius 3 is 2.71 bits per heavy atom. The number of hydrogen-bond acceptors (Lipinski definition) is 5. The summed E-state index contributed by atoms with van der Waals surface area (Å²) >= 11 is 1.62. The molecule has 0 aliphatic heterocycles. The highest BCUT2D eigenvalue weighted by Crippen LogP contribution is 2.18. The summed E-state index contributed by atoms with van der Waals surface area (Å²) in [6.45, 7) is 4.78. The van der Waals surface area contributed by atoms with Gasteiger partial charge in [0.2, 0.25) is 0 Å². The average molecular weight is 307 g/mol. The second kappa shape index (κ2) is 7.47. The van der Waals surface area contributed by atoms with Gasteiger partial charge in [0.25, 0.3) is 0 Å². The highest BCUT2D eigenvalue weighted by Gasteiger charge is 2.07. The number of rotatable bonds is 7. The second-order valence-electron chi connectivity index (χ2n) is 4.91. The smallest absolute Gasteiger partial charge is 0.191 e. The molecular weight excluding hydrogens is 286 g/mol. The lowest BCUT2D eigenvalue weighted by molar-refractivity contribution is 0.266. The van der Waals surface area contributed by atoms with Crippen LogP contribution >= 0.6 is 11.8 Å². The monoisotopic (exact) mass is 307 g/mol. The Balaban J connectivity index is 1.72. The Hall–Kier alpha value is -1.53. The Kier molecular flexibility index (Phi) is 5.64. The van der Waals surface area contributed by atoms with Gasteiger partial charge in [-0.25, -0.2) is 0 Å². The summed E-state index contributed by atoms with van der Waals surface area (Å²) < 4.78 is 7.55. The van der Waals surface area contributed by atoms with E-state index < -0.39 is 0 Å². The van der Waals surface area contributed by atoms with Gasteiger partial charge in [-0.15, -0.1) is 10.2 Å². The molecule has 1 aromatic carbocycles. The molecule has 0 aliphatic carbocycles. The fourth-order valence-electron chi connectivity index (χ4n) is 1.82. The predicted molar refractivity (Wildman–Crippen MR) is 83.7 cm³/mol. The van der Waals surface area contributed by atoms with Gasteiger partial charge >= 0.3 is 0 Å². The van der Waals surface area contributed by atoms with E-state index in [0.717, 1.165) is 23.1 Å². The third-order valence-electron chi connectivity index (χ3n) is 3.33. The van der Waals surface area contributed by atoms with Gasteiger partial charge in [-0.05, 0) is 43.5 Å². The van der Waals surface area contributed by atoms with Crippen molar-refractivity contribution in [1.82, 2.24) is 14.8 Å². The van der Waals surface area contributed by atoms with Crippen LogP contribution in [0.1, 0.15) is 23.4 Å². The summed E-state index contributed by atoms with van der Waals surface area (Å²) in [5, 5.41) is 17.8. The van der Waals surface area contributed by atoms with E-state index >= 15 is 0 Å². The molecule has 0 amide bonds. The molecule has 5 nitrogen and oxygen atoms in total. The number of aromatic nitrogens is 3. The van der Waals surface area contributed by atoms with Crippen molar-refractivity contribution in [1.29, 1.82) is 0 Å². The van der Waals surface area contributed by atoms with Gasteiger partial charge in [-0.1, -0.05) is 17.8 Å². The lowest BCUT2D eigenvalue weighted by Crippen LogP contribution is -2.01. The summed E-state index contributed by atoms with van der Waals surface area (Å²) in [5.41, 5.74) is 2.53. The zero-order chi connectivity index (χ0) is 15.2. The van der Waals surface area contributed by atoms with Crippen molar-refractivity contribution in [3.05, 3.63) is 35.2 Å². The zero-order valence-corrected chi connectivity index (χ0v) is 13.5. The van der Waals surface area contributed by atoms with Crippen LogP contribution < -0.4 is 4.74 Å². The van der Waals surface area contributed by atoms with Crippen LogP contribution in [0.2, 0.25) is 0 Å². The fraction of sp³-hybridized carbons (Fsp3) is 0.467.